The van der Waals surface area contributed by atoms with Crippen molar-refractivity contribution in [1.82, 2.24) is 9.80 Å². The maximum absolute atomic E-state index is 14.3. The highest BCUT2D eigenvalue weighted by atomic mass is 16.6. The van der Waals surface area contributed by atoms with Gasteiger partial charge in [-0.2, -0.15) is 0 Å². The summed E-state index contributed by atoms with van der Waals surface area (Å²) in [6, 6.07) is 6.78. The van der Waals surface area contributed by atoms with E-state index >= 15 is 0 Å². The predicted molar refractivity (Wildman–Crippen MR) is 143 cm³/mol. The number of cyclic esters (lactones) is 1. The van der Waals surface area contributed by atoms with Gasteiger partial charge in [-0.25, -0.2) is 9.59 Å². The molecule has 3 aliphatic heterocycles. The minimum Gasteiger partial charge on any atom is -0.497 e. The first-order valence-electron chi connectivity index (χ1n) is 13.9. The molecule has 0 aromatic heterocycles. The van der Waals surface area contributed by atoms with E-state index in [1.807, 2.05) is 24.3 Å². The summed E-state index contributed by atoms with van der Waals surface area (Å²) < 4.78 is 22.2. The van der Waals surface area contributed by atoms with Crippen molar-refractivity contribution in [2.45, 2.75) is 70.7 Å². The highest BCUT2D eigenvalue weighted by molar-refractivity contribution is 5.88. The molecule has 5 rings (SSSR count). The zero-order chi connectivity index (χ0) is 28.9. The van der Waals surface area contributed by atoms with E-state index in [2.05, 4.69) is 0 Å². The van der Waals surface area contributed by atoms with Crippen LogP contribution in [0.15, 0.2) is 36.4 Å². The molecule has 40 heavy (non-hydrogen) atoms. The largest absolute Gasteiger partial charge is 0.497 e. The molecule has 4 bridgehead atoms. The molecule has 1 aromatic rings. The van der Waals surface area contributed by atoms with Crippen molar-refractivity contribution in [2.24, 2.45) is 17.3 Å². The first-order valence-corrected chi connectivity index (χ1v) is 13.9. The van der Waals surface area contributed by atoms with Crippen LogP contribution in [-0.4, -0.2) is 77.8 Å². The van der Waals surface area contributed by atoms with Gasteiger partial charge in [-0.1, -0.05) is 18.2 Å². The second-order valence-electron chi connectivity index (χ2n) is 12.2. The topological polar surface area (TPSA) is 112 Å². The van der Waals surface area contributed by atoms with Crippen molar-refractivity contribution in [3.8, 4) is 5.75 Å². The van der Waals surface area contributed by atoms with Crippen LogP contribution in [0.4, 0.5) is 4.79 Å². The Labute approximate surface area is 234 Å². The monoisotopic (exact) mass is 554 g/mol. The lowest BCUT2D eigenvalue weighted by Crippen LogP contribution is -2.75. The van der Waals surface area contributed by atoms with Crippen LogP contribution in [0.25, 0.3) is 0 Å². The molecule has 0 unspecified atom stereocenters. The molecule has 10 heteroatoms. The number of methoxy groups -OCH3 is 1. The molecule has 3 fully saturated rings. The number of rotatable bonds is 6. The SMILES string of the molecule is CCOC(=O)C[C@]12[C@@H]3CCN(C(=O)OC(C)(C)C)[C@H]1[C@@]1(C=CC(=O)OC1)C[C@@H]3C(=O)N2Cc1ccc(OC)cc1. The molecule has 1 saturated carbocycles. The summed E-state index contributed by atoms with van der Waals surface area (Å²) in [4.78, 5) is 57.0. The lowest BCUT2D eigenvalue weighted by molar-refractivity contribution is -0.169. The first kappa shape index (κ1) is 28.0. The van der Waals surface area contributed by atoms with E-state index in [0.717, 1.165) is 5.56 Å². The molecule has 1 aromatic carbocycles. The molecule has 5 atom stereocenters. The van der Waals surface area contributed by atoms with E-state index in [-0.39, 0.29) is 38.0 Å². The molecular formula is C30H38N2O8. The molecule has 1 spiro atoms. The van der Waals surface area contributed by atoms with Gasteiger partial charge < -0.3 is 28.7 Å². The van der Waals surface area contributed by atoms with Gasteiger partial charge in [-0.05, 0) is 64.2 Å². The number of ether oxygens (including phenoxy) is 4. The van der Waals surface area contributed by atoms with Gasteiger partial charge in [0.25, 0.3) is 0 Å². The lowest BCUT2D eigenvalue weighted by Gasteiger charge is -2.62. The van der Waals surface area contributed by atoms with Gasteiger partial charge in [0.1, 0.15) is 18.0 Å². The Bertz CT molecular complexity index is 1220. The highest BCUT2D eigenvalue weighted by Gasteiger charge is 2.74. The Morgan fingerprint density at radius 1 is 1.15 bits per heavy atom. The molecule has 3 heterocycles. The quantitative estimate of drug-likeness (QED) is 0.388. The molecule has 0 radical (unpaired) electrons. The number of likely N-dealkylation sites (tertiary alicyclic amines) is 2. The molecule has 2 amide bonds. The Kier molecular flexibility index (Phi) is 7.08. The third-order valence-electron chi connectivity index (χ3n) is 8.72. The van der Waals surface area contributed by atoms with Crippen LogP contribution in [0.3, 0.4) is 0 Å². The molecule has 0 N–H and O–H groups in total. The molecule has 216 valence electrons. The Morgan fingerprint density at radius 2 is 1.88 bits per heavy atom. The lowest BCUT2D eigenvalue weighted by atomic mass is 9.52. The van der Waals surface area contributed by atoms with E-state index in [9.17, 15) is 19.2 Å². The van der Waals surface area contributed by atoms with Crippen LogP contribution >= 0.6 is 0 Å². The summed E-state index contributed by atoms with van der Waals surface area (Å²) in [5.41, 5.74) is -1.85. The number of esters is 2. The molecular weight excluding hydrogens is 516 g/mol. The number of benzene rings is 1. The average molecular weight is 555 g/mol. The fourth-order valence-corrected chi connectivity index (χ4v) is 7.42. The number of piperidine rings is 1. The third-order valence-corrected chi connectivity index (χ3v) is 8.72. The second kappa shape index (κ2) is 10.1. The van der Waals surface area contributed by atoms with Crippen LogP contribution in [-0.2, 0) is 35.1 Å². The summed E-state index contributed by atoms with van der Waals surface area (Å²) in [5, 5.41) is 0. The summed E-state index contributed by atoms with van der Waals surface area (Å²) in [7, 11) is 1.59. The number of hydrogen-bond acceptors (Lipinski definition) is 8. The van der Waals surface area contributed by atoms with E-state index < -0.39 is 46.5 Å². The molecule has 10 nitrogen and oxygen atoms in total. The number of amides is 2. The number of hydrogen-bond donors (Lipinski definition) is 0. The van der Waals surface area contributed by atoms with Crippen molar-refractivity contribution in [3.05, 3.63) is 42.0 Å². The summed E-state index contributed by atoms with van der Waals surface area (Å²) in [5.74, 6) is -0.874. The second-order valence-corrected chi connectivity index (χ2v) is 12.2. The van der Waals surface area contributed by atoms with Crippen LogP contribution in [0.1, 0.15) is 52.5 Å². The maximum Gasteiger partial charge on any atom is 0.410 e. The molecule has 2 saturated heterocycles. The zero-order valence-electron chi connectivity index (χ0n) is 23.8. The fourth-order valence-electron chi connectivity index (χ4n) is 7.42. The fraction of sp³-hybridized carbons (Fsp3) is 0.600. The average Bonchev–Trinajstić information content (AvgIpc) is 3.05. The normalized spacial score (nSPS) is 30.8. The van der Waals surface area contributed by atoms with Gasteiger partial charge in [0.05, 0.1) is 31.7 Å². The van der Waals surface area contributed by atoms with Gasteiger partial charge in [-0.3, -0.25) is 9.59 Å². The maximum atomic E-state index is 14.3. The van der Waals surface area contributed by atoms with E-state index in [1.165, 1.54) is 6.08 Å². The van der Waals surface area contributed by atoms with Gasteiger partial charge in [0.2, 0.25) is 5.91 Å². The van der Waals surface area contributed by atoms with Crippen LogP contribution in [0, 0.1) is 17.3 Å². The minimum absolute atomic E-state index is 0.00372. The standard InChI is InChI=1S/C30H38N2O8/c1-6-38-24(34)16-30-22-12-14-31(27(36)40-28(2,3)4)26(30)29(13-11-23(33)39-18-29)15-21(22)25(35)32(30)17-19-7-9-20(37-5)10-8-19/h7-11,13,21-22,26H,6,12,14-18H2,1-5H3/t21-,22+,26-,29-,30-/m0/s1. The van der Waals surface area contributed by atoms with E-state index in [0.29, 0.717) is 25.1 Å². The molecule has 4 aliphatic rings. The van der Waals surface area contributed by atoms with Crippen molar-refractivity contribution < 1.29 is 38.1 Å². The number of fused-ring (bicyclic) bond motifs is 1. The van der Waals surface area contributed by atoms with Crippen molar-refractivity contribution in [1.29, 1.82) is 0 Å². The highest BCUT2D eigenvalue weighted by Crippen LogP contribution is 2.63. The number of carbonyl (C=O) groups is 4. The number of nitrogens with zero attached hydrogens (tertiary/aromatic N) is 2. The third kappa shape index (κ3) is 4.61. The Hall–Kier alpha value is -3.56. The van der Waals surface area contributed by atoms with Crippen LogP contribution < -0.4 is 4.74 Å². The van der Waals surface area contributed by atoms with E-state index in [4.69, 9.17) is 18.9 Å². The van der Waals surface area contributed by atoms with Gasteiger partial charge in [0, 0.05) is 30.5 Å². The van der Waals surface area contributed by atoms with Crippen LogP contribution in [0.5, 0.6) is 5.75 Å². The van der Waals surface area contributed by atoms with Gasteiger partial charge >= 0.3 is 18.0 Å². The Morgan fingerprint density at radius 3 is 2.48 bits per heavy atom. The van der Waals surface area contributed by atoms with Gasteiger partial charge in [-0.15, -0.1) is 0 Å². The first-order chi connectivity index (χ1) is 18.9. The summed E-state index contributed by atoms with van der Waals surface area (Å²) >= 11 is 0. The zero-order valence-corrected chi connectivity index (χ0v) is 23.8. The smallest absolute Gasteiger partial charge is 0.410 e. The van der Waals surface area contributed by atoms with Crippen LogP contribution in [0.2, 0.25) is 0 Å². The van der Waals surface area contributed by atoms with Gasteiger partial charge in [0.15, 0.2) is 0 Å². The Balaban J connectivity index is 1.68. The summed E-state index contributed by atoms with van der Waals surface area (Å²) in [6.07, 6.45) is 3.49. The predicted octanol–water partition coefficient (Wildman–Crippen LogP) is 3.47. The van der Waals surface area contributed by atoms with Crippen molar-refractivity contribution >= 4 is 23.9 Å². The number of carbonyl (C=O) groups excluding carboxylic acids is 4. The van der Waals surface area contributed by atoms with Crippen molar-refractivity contribution in [3.63, 3.8) is 0 Å². The summed E-state index contributed by atoms with van der Waals surface area (Å²) in [6.45, 7) is 7.95. The minimum atomic E-state index is -1.09. The molecule has 1 aliphatic carbocycles. The van der Waals surface area contributed by atoms with Crippen molar-refractivity contribution in [2.75, 3.05) is 26.9 Å². The van der Waals surface area contributed by atoms with E-state index in [1.54, 1.807) is 50.7 Å².